The van der Waals surface area contributed by atoms with Crippen LogP contribution in [0.3, 0.4) is 0 Å². The fourth-order valence-electron chi connectivity index (χ4n) is 2.17. The number of rotatable bonds is 4. The van der Waals surface area contributed by atoms with Crippen LogP contribution in [0.2, 0.25) is 5.02 Å². The summed E-state index contributed by atoms with van der Waals surface area (Å²) >= 11 is 6.12. The monoisotopic (exact) mass is 300 g/mol. The maximum atomic E-state index is 11.2. The number of primary amides is 1. The van der Waals surface area contributed by atoms with E-state index >= 15 is 0 Å². The fourth-order valence-corrected chi connectivity index (χ4v) is 2.36. The van der Waals surface area contributed by atoms with Gasteiger partial charge in [-0.3, -0.25) is 4.79 Å². The minimum Gasteiger partial charge on any atom is -0.464 e. The summed E-state index contributed by atoms with van der Waals surface area (Å²) in [6.07, 6.45) is 1.71. The van der Waals surface area contributed by atoms with Crippen LogP contribution in [0.15, 0.2) is 53.1 Å². The number of amides is 1. The number of furan rings is 1. The minimum atomic E-state index is -0.483. The summed E-state index contributed by atoms with van der Waals surface area (Å²) in [4.78, 5) is 11.2. The molecule has 0 unspecified atom stereocenters. The second-order valence-corrected chi connectivity index (χ2v) is 5.08. The quantitative estimate of drug-likeness (QED) is 0.770. The molecule has 0 atom stereocenters. The molecule has 21 heavy (non-hydrogen) atoms. The lowest BCUT2D eigenvalue weighted by molar-refractivity contribution is 0.100. The van der Waals surface area contributed by atoms with Crippen molar-refractivity contribution in [3.63, 3.8) is 0 Å². The highest BCUT2D eigenvalue weighted by atomic mass is 35.5. The largest absolute Gasteiger partial charge is 0.464 e. The Hall–Kier alpha value is -2.46. The van der Waals surface area contributed by atoms with E-state index in [1.165, 1.54) is 0 Å². The number of benzene rings is 2. The zero-order valence-electron chi connectivity index (χ0n) is 11.1. The van der Waals surface area contributed by atoms with Gasteiger partial charge in [0.05, 0.1) is 17.0 Å². The van der Waals surface area contributed by atoms with Gasteiger partial charge in [0.1, 0.15) is 5.58 Å². The normalized spacial score (nSPS) is 10.7. The van der Waals surface area contributed by atoms with Crippen molar-refractivity contribution in [3.05, 3.63) is 64.9 Å². The number of carbonyl (C=O) groups is 1. The molecule has 1 amide bonds. The summed E-state index contributed by atoms with van der Waals surface area (Å²) in [6.45, 7) is 0.541. The molecule has 3 rings (SSSR count). The van der Waals surface area contributed by atoms with Crippen LogP contribution in [0.25, 0.3) is 11.0 Å². The highest BCUT2D eigenvalue weighted by Crippen LogP contribution is 2.26. The van der Waals surface area contributed by atoms with Gasteiger partial charge in [0.25, 0.3) is 0 Å². The Bertz CT molecular complexity index is 811. The van der Waals surface area contributed by atoms with Crippen molar-refractivity contribution >= 4 is 34.2 Å². The standard InChI is InChI=1S/C16H13ClN2O2/c17-13-6-5-10(16(18)20)7-14(13)19-8-11-9-21-15-4-2-1-3-12(11)15/h1-7,9,19H,8H2,(H2,18,20). The zero-order valence-corrected chi connectivity index (χ0v) is 11.9. The van der Waals surface area contributed by atoms with Crippen LogP contribution in [0.4, 0.5) is 5.69 Å². The molecule has 3 N–H and O–H groups in total. The van der Waals surface area contributed by atoms with Gasteiger partial charge in [0, 0.05) is 23.1 Å². The summed E-state index contributed by atoms with van der Waals surface area (Å²) in [7, 11) is 0. The number of hydrogen-bond donors (Lipinski definition) is 2. The first-order valence-corrected chi connectivity index (χ1v) is 6.81. The van der Waals surface area contributed by atoms with Crippen LogP contribution >= 0.6 is 11.6 Å². The van der Waals surface area contributed by atoms with Gasteiger partial charge >= 0.3 is 0 Å². The number of hydrogen-bond acceptors (Lipinski definition) is 3. The van der Waals surface area contributed by atoms with Crippen molar-refractivity contribution in [1.82, 2.24) is 0 Å². The third-order valence-electron chi connectivity index (χ3n) is 3.28. The summed E-state index contributed by atoms with van der Waals surface area (Å²) in [5.41, 5.74) is 8.21. The topological polar surface area (TPSA) is 68.3 Å². The Morgan fingerprint density at radius 1 is 1.24 bits per heavy atom. The molecule has 0 aliphatic carbocycles. The smallest absolute Gasteiger partial charge is 0.248 e. The molecule has 106 valence electrons. The van der Waals surface area contributed by atoms with Gasteiger partial charge in [0.15, 0.2) is 0 Å². The lowest BCUT2D eigenvalue weighted by Crippen LogP contribution is -2.11. The minimum absolute atomic E-state index is 0.416. The average molecular weight is 301 g/mol. The molecule has 1 aromatic heterocycles. The lowest BCUT2D eigenvalue weighted by Gasteiger charge is -2.08. The van der Waals surface area contributed by atoms with E-state index in [4.69, 9.17) is 21.8 Å². The fraction of sp³-hybridized carbons (Fsp3) is 0.0625. The Morgan fingerprint density at radius 2 is 2.05 bits per heavy atom. The number of nitrogens with two attached hydrogens (primary N) is 1. The Morgan fingerprint density at radius 3 is 2.86 bits per heavy atom. The molecule has 5 heteroatoms. The maximum Gasteiger partial charge on any atom is 0.248 e. The second kappa shape index (κ2) is 5.50. The number of fused-ring (bicyclic) bond motifs is 1. The molecule has 0 bridgehead atoms. The van der Waals surface area contributed by atoms with Crippen molar-refractivity contribution in [1.29, 1.82) is 0 Å². The molecule has 0 saturated heterocycles. The summed E-state index contributed by atoms with van der Waals surface area (Å²) < 4.78 is 5.48. The van der Waals surface area contributed by atoms with Gasteiger partial charge in [-0.05, 0) is 24.3 Å². The molecule has 0 saturated carbocycles. The van der Waals surface area contributed by atoms with Crippen molar-refractivity contribution in [3.8, 4) is 0 Å². The molecular formula is C16H13ClN2O2. The van der Waals surface area contributed by atoms with Crippen molar-refractivity contribution in [2.24, 2.45) is 5.73 Å². The van der Waals surface area contributed by atoms with Crippen LogP contribution < -0.4 is 11.1 Å². The molecule has 4 nitrogen and oxygen atoms in total. The van der Waals surface area contributed by atoms with E-state index in [1.54, 1.807) is 24.5 Å². The summed E-state index contributed by atoms with van der Waals surface area (Å²) in [6, 6.07) is 12.7. The number of nitrogens with one attached hydrogen (secondary N) is 1. The molecule has 0 aliphatic heterocycles. The van der Waals surface area contributed by atoms with E-state index in [0.717, 1.165) is 16.5 Å². The number of halogens is 1. The predicted molar refractivity (Wildman–Crippen MR) is 83.5 cm³/mol. The number of carbonyl (C=O) groups excluding carboxylic acids is 1. The summed E-state index contributed by atoms with van der Waals surface area (Å²) in [5.74, 6) is -0.483. The number of para-hydroxylation sites is 1. The number of anilines is 1. The molecule has 1 heterocycles. The van der Waals surface area contributed by atoms with Gasteiger partial charge in [-0.2, -0.15) is 0 Å². The average Bonchev–Trinajstić information content (AvgIpc) is 2.89. The van der Waals surface area contributed by atoms with Gasteiger partial charge in [-0.25, -0.2) is 0 Å². The van der Waals surface area contributed by atoms with Crippen LogP contribution in [-0.4, -0.2) is 5.91 Å². The molecule has 0 fully saturated rings. The van der Waals surface area contributed by atoms with E-state index in [2.05, 4.69) is 5.32 Å². The van der Waals surface area contributed by atoms with E-state index in [9.17, 15) is 4.79 Å². The van der Waals surface area contributed by atoms with E-state index < -0.39 is 5.91 Å². The van der Waals surface area contributed by atoms with Crippen LogP contribution in [0.5, 0.6) is 0 Å². The van der Waals surface area contributed by atoms with E-state index in [0.29, 0.717) is 22.8 Å². The van der Waals surface area contributed by atoms with Gasteiger partial charge in [-0.1, -0.05) is 29.8 Å². The maximum absolute atomic E-state index is 11.2. The molecule has 2 aromatic carbocycles. The Labute approximate surface area is 126 Å². The first-order valence-electron chi connectivity index (χ1n) is 6.43. The highest BCUT2D eigenvalue weighted by Gasteiger charge is 2.08. The summed E-state index contributed by atoms with van der Waals surface area (Å²) in [5, 5.41) is 4.79. The first kappa shape index (κ1) is 13.5. The molecule has 0 radical (unpaired) electrons. The van der Waals surface area contributed by atoms with Gasteiger partial charge < -0.3 is 15.5 Å². The SMILES string of the molecule is NC(=O)c1ccc(Cl)c(NCc2coc3ccccc23)c1. The van der Waals surface area contributed by atoms with E-state index in [-0.39, 0.29) is 0 Å². The first-order chi connectivity index (χ1) is 10.1. The van der Waals surface area contributed by atoms with Gasteiger partial charge in [-0.15, -0.1) is 0 Å². The highest BCUT2D eigenvalue weighted by molar-refractivity contribution is 6.33. The van der Waals surface area contributed by atoms with Gasteiger partial charge in [0.2, 0.25) is 5.91 Å². The van der Waals surface area contributed by atoms with E-state index in [1.807, 2.05) is 24.3 Å². The third-order valence-corrected chi connectivity index (χ3v) is 3.61. The second-order valence-electron chi connectivity index (χ2n) is 4.67. The molecule has 0 aliphatic rings. The van der Waals surface area contributed by atoms with Crippen molar-refractivity contribution in [2.75, 3.05) is 5.32 Å². The Kier molecular flexibility index (Phi) is 3.54. The molecular weight excluding hydrogens is 288 g/mol. The zero-order chi connectivity index (χ0) is 14.8. The van der Waals surface area contributed by atoms with Crippen LogP contribution in [0.1, 0.15) is 15.9 Å². The molecule has 3 aromatic rings. The predicted octanol–water partition coefficient (Wildman–Crippen LogP) is 3.80. The third kappa shape index (κ3) is 2.71. The molecule has 0 spiro atoms. The Balaban J connectivity index is 1.84. The van der Waals surface area contributed by atoms with Crippen molar-refractivity contribution in [2.45, 2.75) is 6.54 Å². The van der Waals surface area contributed by atoms with Crippen molar-refractivity contribution < 1.29 is 9.21 Å². The lowest BCUT2D eigenvalue weighted by atomic mass is 10.1. The van der Waals surface area contributed by atoms with Crippen LogP contribution in [-0.2, 0) is 6.54 Å². The van der Waals surface area contributed by atoms with Crippen LogP contribution in [0, 0.1) is 0 Å².